The molecule has 2 aromatic rings. The number of halogens is 1. The molecule has 7 heteroatoms. The quantitative estimate of drug-likeness (QED) is 0.812. The molecule has 3 rings (SSSR count). The minimum Gasteiger partial charge on any atom is -0.481 e. The van der Waals surface area contributed by atoms with Crippen molar-refractivity contribution >= 4 is 27.4 Å². The Bertz CT molecular complexity index is 921. The fourth-order valence-electron chi connectivity index (χ4n) is 3.60. The van der Waals surface area contributed by atoms with Crippen LogP contribution >= 0.6 is 11.6 Å². The van der Waals surface area contributed by atoms with E-state index < -0.39 is 32.4 Å². The summed E-state index contributed by atoms with van der Waals surface area (Å²) in [7, 11) is -2.51. The number of carbonyl (C=O) groups is 1. The van der Waals surface area contributed by atoms with Crippen LogP contribution in [0.2, 0.25) is 5.02 Å². The van der Waals surface area contributed by atoms with Crippen LogP contribution in [0.15, 0.2) is 53.4 Å². The van der Waals surface area contributed by atoms with Gasteiger partial charge in [-0.2, -0.15) is 0 Å². The third-order valence-corrected chi connectivity index (χ3v) is 7.49. The van der Waals surface area contributed by atoms with Crippen molar-refractivity contribution in [2.45, 2.75) is 23.0 Å². The number of carboxylic acid groups (broad SMARTS) is 1. The first-order valence-electron chi connectivity index (χ1n) is 8.03. The average molecular weight is 395 g/mol. The summed E-state index contributed by atoms with van der Waals surface area (Å²) in [6, 6.07) is 13.0. The Morgan fingerprint density at radius 3 is 2.23 bits per heavy atom. The monoisotopic (exact) mass is 394 g/mol. The Labute approximate surface area is 157 Å². The van der Waals surface area contributed by atoms with Gasteiger partial charge in [-0.3, -0.25) is 4.79 Å². The molecule has 1 saturated carbocycles. The number of aryl methyl sites for hydroxylation is 1. The first-order chi connectivity index (χ1) is 12.2. The van der Waals surface area contributed by atoms with Gasteiger partial charge in [-0.25, -0.2) is 8.42 Å². The lowest BCUT2D eigenvalue weighted by atomic mass is 9.99. The van der Waals surface area contributed by atoms with E-state index in [1.807, 2.05) is 19.1 Å². The van der Waals surface area contributed by atoms with Crippen molar-refractivity contribution in [3.05, 3.63) is 64.7 Å². The van der Waals surface area contributed by atoms with Crippen LogP contribution in [-0.4, -0.2) is 38.5 Å². The van der Waals surface area contributed by atoms with Crippen LogP contribution in [-0.2, 0) is 19.4 Å². The lowest BCUT2D eigenvalue weighted by molar-refractivity contribution is -0.145. The van der Waals surface area contributed by atoms with Crippen LogP contribution in [0.1, 0.15) is 17.0 Å². The summed E-state index contributed by atoms with van der Waals surface area (Å²) in [6.07, 6.45) is 0. The third kappa shape index (κ3) is 2.92. The van der Waals surface area contributed by atoms with Crippen molar-refractivity contribution in [2.75, 3.05) is 13.7 Å². The van der Waals surface area contributed by atoms with Gasteiger partial charge in [0, 0.05) is 18.1 Å². The summed E-state index contributed by atoms with van der Waals surface area (Å²) in [6.45, 7) is 1.73. The van der Waals surface area contributed by atoms with Crippen LogP contribution in [0.3, 0.4) is 0 Å². The Hall–Kier alpha value is -1.89. The minimum absolute atomic E-state index is 0.0586. The van der Waals surface area contributed by atoms with Gasteiger partial charge in [-0.1, -0.05) is 41.4 Å². The second kappa shape index (κ2) is 6.68. The number of sulfone groups is 1. The van der Waals surface area contributed by atoms with Crippen molar-refractivity contribution in [3.63, 3.8) is 0 Å². The molecule has 0 bridgehead atoms. The molecular weight excluding hydrogens is 376 g/mol. The lowest BCUT2D eigenvalue weighted by Crippen LogP contribution is -2.28. The van der Waals surface area contributed by atoms with Gasteiger partial charge in [0.15, 0.2) is 9.84 Å². The van der Waals surface area contributed by atoms with Crippen LogP contribution in [0.5, 0.6) is 0 Å². The first kappa shape index (κ1) is 18.9. The molecule has 138 valence electrons. The molecule has 5 nitrogen and oxygen atoms in total. The molecule has 26 heavy (non-hydrogen) atoms. The molecular formula is C19H19ClO5S. The van der Waals surface area contributed by atoms with E-state index in [1.54, 1.807) is 12.1 Å². The summed E-state index contributed by atoms with van der Waals surface area (Å²) >= 11 is 5.84. The van der Waals surface area contributed by atoms with E-state index in [4.69, 9.17) is 16.3 Å². The van der Waals surface area contributed by atoms with Crippen molar-refractivity contribution in [1.29, 1.82) is 0 Å². The molecule has 0 heterocycles. The van der Waals surface area contributed by atoms with E-state index in [2.05, 4.69) is 0 Å². The smallest absolute Gasteiger partial charge is 0.314 e. The average Bonchev–Trinajstić information content (AvgIpc) is 3.27. The Kier molecular flexibility index (Phi) is 4.86. The largest absolute Gasteiger partial charge is 0.481 e. The van der Waals surface area contributed by atoms with Gasteiger partial charge in [0.1, 0.15) is 5.41 Å². The second-order valence-corrected chi connectivity index (χ2v) is 9.09. The zero-order valence-electron chi connectivity index (χ0n) is 14.3. The molecule has 1 aliphatic carbocycles. The fourth-order valence-corrected chi connectivity index (χ4v) is 6.09. The Balaban J connectivity index is 2.11. The van der Waals surface area contributed by atoms with Gasteiger partial charge in [0.05, 0.1) is 16.8 Å². The number of ether oxygens (including phenoxy) is 1. The molecule has 1 N–H and O–H groups in total. The maximum atomic E-state index is 13.2. The SMILES string of the molecule is COC[C@]1(C(=O)O)[C@@H](c2ccc(C)cc2)[C@@H]1S(=O)(=O)c1ccc(Cl)cc1. The van der Waals surface area contributed by atoms with E-state index in [0.29, 0.717) is 10.6 Å². The van der Waals surface area contributed by atoms with Crippen molar-refractivity contribution in [3.8, 4) is 0 Å². The van der Waals surface area contributed by atoms with Gasteiger partial charge in [0.2, 0.25) is 0 Å². The highest BCUT2D eigenvalue weighted by Gasteiger charge is 2.76. The predicted molar refractivity (Wildman–Crippen MR) is 98.3 cm³/mol. The van der Waals surface area contributed by atoms with Crippen molar-refractivity contribution in [1.82, 2.24) is 0 Å². The number of rotatable bonds is 6. The summed E-state index contributed by atoms with van der Waals surface area (Å²) in [4.78, 5) is 12.2. The maximum absolute atomic E-state index is 13.2. The van der Waals surface area contributed by atoms with E-state index in [0.717, 1.165) is 5.56 Å². The number of hydrogen-bond acceptors (Lipinski definition) is 4. The molecule has 0 unspecified atom stereocenters. The summed E-state index contributed by atoms with van der Waals surface area (Å²) < 4.78 is 31.5. The van der Waals surface area contributed by atoms with Gasteiger partial charge in [-0.05, 0) is 36.8 Å². The molecule has 0 spiro atoms. The molecule has 0 aromatic heterocycles. The third-order valence-electron chi connectivity index (χ3n) is 4.95. The summed E-state index contributed by atoms with van der Waals surface area (Å²) in [5.41, 5.74) is 0.180. The van der Waals surface area contributed by atoms with Gasteiger partial charge >= 0.3 is 5.97 Å². The summed E-state index contributed by atoms with van der Waals surface area (Å²) in [5, 5.41) is 9.19. The van der Waals surface area contributed by atoms with Crippen LogP contribution in [0.4, 0.5) is 0 Å². The van der Waals surface area contributed by atoms with Crippen molar-refractivity contribution < 1.29 is 23.1 Å². The molecule has 1 aliphatic rings. The lowest BCUT2D eigenvalue weighted by Gasteiger charge is -2.12. The second-order valence-electron chi connectivity index (χ2n) is 6.59. The molecule has 1 fully saturated rings. The standard InChI is InChI=1S/C19H19ClO5S/c1-12-3-5-13(6-4-12)16-17(19(16,11-25-2)18(21)22)26(23,24)15-9-7-14(20)8-10-15/h3-10,16-17H,11H2,1-2H3,(H,21,22)/t16-,17-,19-/m0/s1. The van der Waals surface area contributed by atoms with Crippen LogP contribution < -0.4 is 0 Å². The molecule has 3 atom stereocenters. The number of benzene rings is 2. The minimum atomic E-state index is -3.88. The van der Waals surface area contributed by atoms with E-state index in [1.165, 1.54) is 31.4 Å². The molecule has 2 aromatic carbocycles. The molecule has 0 aliphatic heterocycles. The van der Waals surface area contributed by atoms with E-state index in [-0.39, 0.29) is 11.5 Å². The first-order valence-corrected chi connectivity index (χ1v) is 9.96. The highest BCUT2D eigenvalue weighted by atomic mass is 35.5. The van der Waals surface area contributed by atoms with Crippen LogP contribution in [0, 0.1) is 12.3 Å². The van der Waals surface area contributed by atoms with Crippen LogP contribution in [0.25, 0.3) is 0 Å². The molecule has 0 radical (unpaired) electrons. The van der Waals surface area contributed by atoms with E-state index >= 15 is 0 Å². The van der Waals surface area contributed by atoms with Gasteiger partial charge in [0.25, 0.3) is 0 Å². The molecule has 0 saturated heterocycles. The van der Waals surface area contributed by atoms with Gasteiger partial charge in [-0.15, -0.1) is 0 Å². The number of carboxylic acids is 1. The number of aliphatic carboxylic acids is 1. The van der Waals surface area contributed by atoms with Crippen molar-refractivity contribution in [2.24, 2.45) is 5.41 Å². The predicted octanol–water partition coefficient (Wildman–Crippen LogP) is 3.31. The fraction of sp³-hybridized carbons (Fsp3) is 0.316. The summed E-state index contributed by atoms with van der Waals surface area (Å²) in [5.74, 6) is -1.85. The normalized spacial score (nSPS) is 25.0. The highest BCUT2D eigenvalue weighted by Crippen LogP contribution is 2.64. The highest BCUT2D eigenvalue weighted by molar-refractivity contribution is 7.92. The van der Waals surface area contributed by atoms with E-state index in [9.17, 15) is 18.3 Å². The topological polar surface area (TPSA) is 80.7 Å². The number of hydrogen-bond donors (Lipinski definition) is 1. The maximum Gasteiger partial charge on any atom is 0.314 e. The van der Waals surface area contributed by atoms with Gasteiger partial charge < -0.3 is 9.84 Å². The zero-order chi connectivity index (χ0) is 19.1. The zero-order valence-corrected chi connectivity index (χ0v) is 15.9. The molecule has 0 amide bonds. The number of methoxy groups -OCH3 is 1. The Morgan fingerprint density at radius 1 is 1.15 bits per heavy atom. The Morgan fingerprint density at radius 2 is 1.73 bits per heavy atom.